The third kappa shape index (κ3) is 3.20. The molecule has 0 fully saturated rings. The van der Waals surface area contributed by atoms with Crippen molar-refractivity contribution in [2.45, 2.75) is 25.1 Å². The minimum absolute atomic E-state index is 0.466. The lowest BCUT2D eigenvalue weighted by Gasteiger charge is -2.17. The Morgan fingerprint density at radius 1 is 1.29 bits per heavy atom. The zero-order valence-electron chi connectivity index (χ0n) is 9.03. The van der Waals surface area contributed by atoms with Gasteiger partial charge in [-0.05, 0) is 17.7 Å². The van der Waals surface area contributed by atoms with Gasteiger partial charge in [-0.25, -0.2) is 0 Å². The van der Waals surface area contributed by atoms with Crippen molar-refractivity contribution in [3.8, 4) is 0 Å². The van der Waals surface area contributed by atoms with Crippen LogP contribution in [0.2, 0.25) is 0 Å². The van der Waals surface area contributed by atoms with Crippen molar-refractivity contribution in [2.75, 3.05) is 0 Å². The summed E-state index contributed by atoms with van der Waals surface area (Å²) in [5, 5.41) is 8.69. The number of hydrogen-bond acceptors (Lipinski definition) is 2. The third-order valence-corrected chi connectivity index (χ3v) is 2.59. The van der Waals surface area contributed by atoms with E-state index in [2.05, 4.69) is 0 Å². The van der Waals surface area contributed by atoms with Crippen molar-refractivity contribution in [1.29, 1.82) is 0 Å². The Morgan fingerprint density at radius 2 is 1.76 bits per heavy atom. The number of alkyl halides is 3. The second kappa shape index (κ2) is 4.75. The number of rotatable bonds is 3. The van der Waals surface area contributed by atoms with Gasteiger partial charge in [-0.15, -0.1) is 0 Å². The summed E-state index contributed by atoms with van der Waals surface area (Å²) in [6.45, 7) is 1.56. The summed E-state index contributed by atoms with van der Waals surface area (Å²) in [5.74, 6) is -1.73. The van der Waals surface area contributed by atoms with Crippen LogP contribution in [0.3, 0.4) is 0 Å². The van der Waals surface area contributed by atoms with Crippen molar-refractivity contribution in [3.63, 3.8) is 0 Å². The van der Waals surface area contributed by atoms with E-state index in [4.69, 9.17) is 10.8 Å². The largest absolute Gasteiger partial charge is 0.480 e. The predicted octanol–water partition coefficient (Wildman–Crippen LogP) is 2.22. The molecule has 1 aromatic carbocycles. The first-order valence-corrected chi connectivity index (χ1v) is 4.89. The molecular weight excluding hydrogens is 235 g/mol. The smallest absolute Gasteiger partial charge is 0.416 e. The first-order chi connectivity index (χ1) is 7.73. The van der Waals surface area contributed by atoms with E-state index >= 15 is 0 Å². The van der Waals surface area contributed by atoms with Crippen molar-refractivity contribution in [1.82, 2.24) is 0 Å². The molecule has 0 saturated heterocycles. The summed E-state index contributed by atoms with van der Waals surface area (Å²) < 4.78 is 36.9. The van der Waals surface area contributed by atoms with Crippen molar-refractivity contribution < 1.29 is 23.1 Å². The fraction of sp³-hybridized carbons (Fsp3) is 0.364. The molecule has 1 aromatic rings. The Hall–Kier alpha value is -1.56. The molecule has 0 aromatic heterocycles. The molecule has 0 aliphatic rings. The standard InChI is InChI=1S/C11H12F3NO2/c1-6(9(15)10(16)17)7-2-4-8(5-3-7)11(12,13)14/h2-6,9H,15H2,1H3,(H,16,17). The summed E-state index contributed by atoms with van der Waals surface area (Å²) in [6, 6.07) is 3.19. The second-order valence-electron chi connectivity index (χ2n) is 3.77. The van der Waals surface area contributed by atoms with Crippen molar-refractivity contribution in [2.24, 2.45) is 5.73 Å². The number of carboxylic acid groups (broad SMARTS) is 1. The molecule has 0 bridgehead atoms. The summed E-state index contributed by atoms with van der Waals surface area (Å²) in [5.41, 5.74) is 5.09. The summed E-state index contributed by atoms with van der Waals surface area (Å²) in [7, 11) is 0. The first-order valence-electron chi connectivity index (χ1n) is 4.89. The van der Waals surface area contributed by atoms with Crippen LogP contribution in [0.15, 0.2) is 24.3 Å². The van der Waals surface area contributed by atoms with Crippen LogP contribution in [-0.2, 0) is 11.0 Å². The van der Waals surface area contributed by atoms with Crippen LogP contribution in [0, 0.1) is 0 Å². The lowest BCUT2D eigenvalue weighted by molar-refractivity contribution is -0.139. The van der Waals surface area contributed by atoms with Gasteiger partial charge in [0.15, 0.2) is 0 Å². The van der Waals surface area contributed by atoms with Crippen molar-refractivity contribution >= 4 is 5.97 Å². The summed E-state index contributed by atoms with van der Waals surface area (Å²) >= 11 is 0. The number of halogens is 3. The zero-order valence-corrected chi connectivity index (χ0v) is 9.03. The molecule has 0 aliphatic heterocycles. The Kier molecular flexibility index (Phi) is 3.77. The maximum absolute atomic E-state index is 12.3. The molecular formula is C11H12F3NO2. The van der Waals surface area contributed by atoms with Crippen molar-refractivity contribution in [3.05, 3.63) is 35.4 Å². The van der Waals surface area contributed by atoms with Gasteiger partial charge in [0.05, 0.1) is 5.56 Å². The first kappa shape index (κ1) is 13.5. The van der Waals surface area contributed by atoms with E-state index in [0.29, 0.717) is 5.56 Å². The fourth-order valence-corrected chi connectivity index (χ4v) is 1.40. The van der Waals surface area contributed by atoms with Gasteiger partial charge in [0.1, 0.15) is 6.04 Å². The van der Waals surface area contributed by atoms with Gasteiger partial charge < -0.3 is 10.8 Å². The summed E-state index contributed by atoms with van der Waals surface area (Å²) in [4.78, 5) is 10.6. The van der Waals surface area contributed by atoms with E-state index in [-0.39, 0.29) is 0 Å². The number of aliphatic carboxylic acids is 1. The SMILES string of the molecule is CC(c1ccc(C(F)(F)F)cc1)C(N)C(=O)O. The van der Waals surface area contributed by atoms with Gasteiger partial charge in [0.2, 0.25) is 0 Å². The molecule has 2 atom stereocenters. The van der Waals surface area contributed by atoms with Gasteiger partial charge in [0, 0.05) is 5.92 Å². The zero-order chi connectivity index (χ0) is 13.2. The van der Waals surface area contributed by atoms with E-state index in [1.165, 1.54) is 12.1 Å². The fourth-order valence-electron chi connectivity index (χ4n) is 1.40. The number of carbonyl (C=O) groups is 1. The van der Waals surface area contributed by atoms with Crippen LogP contribution in [0.25, 0.3) is 0 Å². The highest BCUT2D eigenvalue weighted by Gasteiger charge is 2.30. The van der Waals surface area contributed by atoms with Crippen LogP contribution >= 0.6 is 0 Å². The Balaban J connectivity index is 2.92. The topological polar surface area (TPSA) is 63.3 Å². The monoisotopic (exact) mass is 247 g/mol. The molecule has 0 saturated carbocycles. The minimum Gasteiger partial charge on any atom is -0.480 e. The molecule has 3 N–H and O–H groups in total. The molecule has 17 heavy (non-hydrogen) atoms. The molecule has 0 amide bonds. The van der Waals surface area contributed by atoms with Crippen LogP contribution in [0.5, 0.6) is 0 Å². The molecule has 0 heterocycles. The number of carboxylic acids is 1. The maximum Gasteiger partial charge on any atom is 0.416 e. The van der Waals surface area contributed by atoms with Gasteiger partial charge in [-0.1, -0.05) is 19.1 Å². The second-order valence-corrected chi connectivity index (χ2v) is 3.77. The van der Waals surface area contributed by atoms with Crippen LogP contribution in [-0.4, -0.2) is 17.1 Å². The van der Waals surface area contributed by atoms with E-state index < -0.39 is 29.7 Å². The van der Waals surface area contributed by atoms with Crippen LogP contribution in [0.4, 0.5) is 13.2 Å². The maximum atomic E-state index is 12.3. The number of benzene rings is 1. The lowest BCUT2D eigenvalue weighted by Crippen LogP contribution is -2.35. The van der Waals surface area contributed by atoms with Gasteiger partial charge in [-0.2, -0.15) is 13.2 Å². The Morgan fingerprint density at radius 3 is 2.12 bits per heavy atom. The average Bonchev–Trinajstić information content (AvgIpc) is 2.26. The Labute approximate surface area is 96.0 Å². The van der Waals surface area contributed by atoms with E-state index in [1.807, 2.05) is 0 Å². The average molecular weight is 247 g/mol. The number of hydrogen-bond donors (Lipinski definition) is 2. The molecule has 0 aliphatic carbocycles. The molecule has 1 rings (SSSR count). The van der Waals surface area contributed by atoms with Gasteiger partial charge in [0.25, 0.3) is 0 Å². The molecule has 3 nitrogen and oxygen atoms in total. The lowest BCUT2D eigenvalue weighted by atomic mass is 9.93. The number of nitrogens with two attached hydrogens (primary N) is 1. The highest BCUT2D eigenvalue weighted by Crippen LogP contribution is 2.30. The molecule has 0 radical (unpaired) electrons. The molecule has 6 heteroatoms. The quantitative estimate of drug-likeness (QED) is 0.860. The van der Waals surface area contributed by atoms with Crippen LogP contribution in [0.1, 0.15) is 24.0 Å². The van der Waals surface area contributed by atoms with E-state index in [0.717, 1.165) is 12.1 Å². The van der Waals surface area contributed by atoms with Gasteiger partial charge >= 0.3 is 12.1 Å². The highest BCUT2D eigenvalue weighted by atomic mass is 19.4. The summed E-state index contributed by atoms with van der Waals surface area (Å²) in [6.07, 6.45) is -4.39. The van der Waals surface area contributed by atoms with E-state index in [1.54, 1.807) is 6.92 Å². The molecule has 2 unspecified atom stereocenters. The highest BCUT2D eigenvalue weighted by molar-refractivity contribution is 5.74. The van der Waals surface area contributed by atoms with Gasteiger partial charge in [-0.3, -0.25) is 4.79 Å². The normalized spacial score (nSPS) is 15.4. The van der Waals surface area contributed by atoms with E-state index in [9.17, 15) is 18.0 Å². The van der Waals surface area contributed by atoms with Crippen LogP contribution < -0.4 is 5.73 Å². The molecule has 94 valence electrons. The minimum atomic E-state index is -4.39. The predicted molar refractivity (Wildman–Crippen MR) is 55.5 cm³/mol. The third-order valence-electron chi connectivity index (χ3n) is 2.59. The molecule has 0 spiro atoms. The Bertz CT molecular complexity index is 400.